The van der Waals surface area contributed by atoms with Gasteiger partial charge in [0.25, 0.3) is 5.91 Å². The van der Waals surface area contributed by atoms with Gasteiger partial charge < -0.3 is 10.0 Å². The van der Waals surface area contributed by atoms with Crippen LogP contribution in [0.1, 0.15) is 27.0 Å². The molecule has 0 saturated carbocycles. The number of amides is 1. The Hall–Kier alpha value is -2.73. The first-order valence-corrected chi connectivity index (χ1v) is 10.7. The van der Waals surface area contributed by atoms with E-state index >= 15 is 0 Å². The smallest absolute Gasteiger partial charge is 0.255 e. The summed E-state index contributed by atoms with van der Waals surface area (Å²) in [5, 5.41) is 11.9. The van der Waals surface area contributed by atoms with Crippen LogP contribution >= 0.6 is 11.6 Å². The molecule has 1 fully saturated rings. The first-order valence-electron chi connectivity index (χ1n) is 10.3. The largest absolute Gasteiger partial charge is 0.378 e. The molecule has 2 aliphatic heterocycles. The molecule has 2 aliphatic rings. The lowest BCUT2D eigenvalue weighted by atomic mass is 9.83. The number of aliphatic hydroxyl groups excluding tert-OH is 1. The summed E-state index contributed by atoms with van der Waals surface area (Å²) in [4.78, 5) is 17.3. The third kappa shape index (κ3) is 3.33. The summed E-state index contributed by atoms with van der Waals surface area (Å²) in [5.74, 6) is -0.342. The Balaban J connectivity index is 1.59. The molecule has 0 radical (unpaired) electrons. The average molecular weight is 437 g/mol. The van der Waals surface area contributed by atoms with E-state index in [0.29, 0.717) is 36.5 Å². The number of rotatable bonds is 4. The topological polar surface area (TPSA) is 43.8 Å². The number of aliphatic hydroxyl groups is 1. The molecule has 0 spiro atoms. The fourth-order valence-electron chi connectivity index (χ4n) is 4.97. The minimum absolute atomic E-state index is 0.0340. The highest BCUT2D eigenvalue weighted by atomic mass is 35.5. The Kier molecular flexibility index (Phi) is 5.05. The van der Waals surface area contributed by atoms with Crippen molar-refractivity contribution in [3.63, 3.8) is 0 Å². The zero-order chi connectivity index (χ0) is 21.6. The zero-order valence-electron chi connectivity index (χ0n) is 16.8. The van der Waals surface area contributed by atoms with Crippen LogP contribution in [0.25, 0.3) is 0 Å². The molecule has 0 aromatic heterocycles. The van der Waals surface area contributed by atoms with Crippen LogP contribution in [-0.4, -0.2) is 40.1 Å². The van der Waals surface area contributed by atoms with Crippen molar-refractivity contribution in [2.75, 3.05) is 13.1 Å². The SMILES string of the molecule is O=C1c2ccccc2CC2(c3ccc(Cl)cc3)N1CCN2C(O)Cc1ccc(F)cc1. The van der Waals surface area contributed by atoms with Gasteiger partial charge in [-0.15, -0.1) is 0 Å². The van der Waals surface area contributed by atoms with Crippen LogP contribution in [0, 0.1) is 5.82 Å². The highest BCUT2D eigenvalue weighted by molar-refractivity contribution is 6.30. The number of nitrogens with zero attached hydrogens (tertiary/aromatic N) is 2. The molecular formula is C25H22ClFN2O2. The van der Waals surface area contributed by atoms with Crippen LogP contribution in [0.2, 0.25) is 5.02 Å². The number of benzene rings is 3. The van der Waals surface area contributed by atoms with Crippen molar-refractivity contribution in [1.29, 1.82) is 0 Å². The third-order valence-electron chi connectivity index (χ3n) is 6.41. The van der Waals surface area contributed by atoms with E-state index < -0.39 is 11.9 Å². The molecule has 6 heteroatoms. The van der Waals surface area contributed by atoms with Gasteiger partial charge in [-0.2, -0.15) is 0 Å². The predicted molar refractivity (Wildman–Crippen MR) is 117 cm³/mol. The van der Waals surface area contributed by atoms with Gasteiger partial charge in [0.1, 0.15) is 17.7 Å². The Morgan fingerprint density at radius 1 is 1.00 bits per heavy atom. The molecule has 1 saturated heterocycles. The van der Waals surface area contributed by atoms with Crippen molar-refractivity contribution in [3.8, 4) is 0 Å². The van der Waals surface area contributed by atoms with Crippen LogP contribution in [0.5, 0.6) is 0 Å². The van der Waals surface area contributed by atoms with Crippen molar-refractivity contribution in [3.05, 3.63) is 106 Å². The molecule has 3 aromatic rings. The summed E-state index contributed by atoms with van der Waals surface area (Å²) in [5.41, 5.74) is 2.60. The Labute approximate surface area is 185 Å². The Morgan fingerprint density at radius 3 is 2.45 bits per heavy atom. The molecular weight excluding hydrogens is 415 g/mol. The van der Waals surface area contributed by atoms with Gasteiger partial charge in [-0.1, -0.05) is 54.1 Å². The lowest BCUT2D eigenvalue weighted by Crippen LogP contribution is -2.59. The maximum Gasteiger partial charge on any atom is 0.255 e. The zero-order valence-corrected chi connectivity index (χ0v) is 17.6. The van der Waals surface area contributed by atoms with E-state index in [1.165, 1.54) is 12.1 Å². The van der Waals surface area contributed by atoms with Gasteiger partial charge in [0.05, 0.1) is 0 Å². The normalized spacial score (nSPS) is 21.6. The molecule has 3 aromatic carbocycles. The second-order valence-corrected chi connectivity index (χ2v) is 8.56. The number of hydrogen-bond donors (Lipinski definition) is 1. The minimum Gasteiger partial charge on any atom is -0.378 e. The lowest BCUT2D eigenvalue weighted by molar-refractivity contribution is -0.0874. The summed E-state index contributed by atoms with van der Waals surface area (Å²) in [6, 6.07) is 21.3. The highest BCUT2D eigenvalue weighted by Gasteiger charge is 2.55. The number of fused-ring (bicyclic) bond motifs is 2. The van der Waals surface area contributed by atoms with Crippen LogP contribution in [0.3, 0.4) is 0 Å². The van der Waals surface area contributed by atoms with Gasteiger partial charge >= 0.3 is 0 Å². The maximum absolute atomic E-state index is 13.5. The van der Waals surface area contributed by atoms with Gasteiger partial charge in [0.15, 0.2) is 0 Å². The molecule has 2 heterocycles. The van der Waals surface area contributed by atoms with E-state index in [4.69, 9.17) is 11.6 Å². The van der Waals surface area contributed by atoms with Crippen molar-refractivity contribution in [2.24, 2.45) is 0 Å². The molecule has 5 rings (SSSR count). The van der Waals surface area contributed by atoms with Crippen LogP contribution < -0.4 is 0 Å². The average Bonchev–Trinajstić information content (AvgIpc) is 3.17. The van der Waals surface area contributed by atoms with Gasteiger partial charge in [0, 0.05) is 36.5 Å². The monoisotopic (exact) mass is 436 g/mol. The quantitative estimate of drug-likeness (QED) is 0.666. The van der Waals surface area contributed by atoms with E-state index in [-0.39, 0.29) is 11.7 Å². The molecule has 0 bridgehead atoms. The molecule has 0 aliphatic carbocycles. The third-order valence-corrected chi connectivity index (χ3v) is 6.67. The fraction of sp³-hybridized carbons (Fsp3) is 0.240. The van der Waals surface area contributed by atoms with Crippen molar-refractivity contribution in [1.82, 2.24) is 9.80 Å². The molecule has 2 atom stereocenters. The Bertz CT molecular complexity index is 1120. The first-order chi connectivity index (χ1) is 15.0. The van der Waals surface area contributed by atoms with Crippen LogP contribution in [-0.2, 0) is 18.5 Å². The summed E-state index contributed by atoms with van der Waals surface area (Å²) < 4.78 is 13.3. The lowest BCUT2D eigenvalue weighted by Gasteiger charge is -2.49. The van der Waals surface area contributed by atoms with Gasteiger partial charge in [-0.05, 0) is 47.0 Å². The van der Waals surface area contributed by atoms with Crippen LogP contribution in [0.15, 0.2) is 72.8 Å². The summed E-state index contributed by atoms with van der Waals surface area (Å²) in [6.45, 7) is 1.04. The highest BCUT2D eigenvalue weighted by Crippen LogP contribution is 2.46. The summed E-state index contributed by atoms with van der Waals surface area (Å²) in [7, 11) is 0. The standard InChI is InChI=1S/C25H22ClFN2O2/c26-20-9-7-19(8-10-20)25-16-18-3-1-2-4-22(18)24(31)29(25)14-13-28(25)23(30)15-17-5-11-21(27)12-6-17/h1-12,23,30H,13-16H2. The van der Waals surface area contributed by atoms with Gasteiger partial charge in [-0.25, -0.2) is 9.29 Å². The van der Waals surface area contributed by atoms with Crippen LogP contribution in [0.4, 0.5) is 4.39 Å². The molecule has 31 heavy (non-hydrogen) atoms. The number of hydrogen-bond acceptors (Lipinski definition) is 3. The fourth-order valence-corrected chi connectivity index (χ4v) is 5.10. The number of carbonyl (C=O) groups excluding carboxylic acids is 1. The van der Waals surface area contributed by atoms with E-state index in [0.717, 1.165) is 16.7 Å². The molecule has 1 amide bonds. The molecule has 1 N–H and O–H groups in total. The summed E-state index contributed by atoms with van der Waals surface area (Å²) >= 11 is 6.15. The van der Waals surface area contributed by atoms with E-state index in [1.54, 1.807) is 12.1 Å². The van der Waals surface area contributed by atoms with Crippen molar-refractivity contribution >= 4 is 17.5 Å². The minimum atomic E-state index is -0.843. The molecule has 158 valence electrons. The number of carbonyl (C=O) groups is 1. The summed E-state index contributed by atoms with van der Waals surface area (Å²) in [6.07, 6.45) is 0.0558. The maximum atomic E-state index is 13.5. The van der Waals surface area contributed by atoms with Crippen molar-refractivity contribution in [2.45, 2.75) is 24.7 Å². The van der Waals surface area contributed by atoms with Crippen molar-refractivity contribution < 1.29 is 14.3 Å². The van der Waals surface area contributed by atoms with E-state index in [9.17, 15) is 14.3 Å². The van der Waals surface area contributed by atoms with Gasteiger partial charge in [-0.3, -0.25) is 4.79 Å². The second-order valence-electron chi connectivity index (χ2n) is 8.12. The number of halogens is 2. The Morgan fingerprint density at radius 2 is 1.71 bits per heavy atom. The first kappa shape index (κ1) is 20.2. The van der Waals surface area contributed by atoms with E-state index in [2.05, 4.69) is 0 Å². The second kappa shape index (κ2) is 7.75. The van der Waals surface area contributed by atoms with Gasteiger partial charge in [0.2, 0.25) is 0 Å². The molecule has 4 nitrogen and oxygen atoms in total. The molecule has 2 unspecified atom stereocenters. The predicted octanol–water partition coefficient (Wildman–Crippen LogP) is 4.21. The van der Waals surface area contributed by atoms with E-state index in [1.807, 2.05) is 58.3 Å².